The minimum absolute atomic E-state index is 0.859. The van der Waals surface area contributed by atoms with Crippen molar-refractivity contribution in [3.8, 4) is 0 Å². The van der Waals surface area contributed by atoms with Crippen molar-refractivity contribution in [1.82, 2.24) is 10.3 Å². The van der Waals surface area contributed by atoms with Gasteiger partial charge < -0.3 is 10.2 Å². The molecule has 1 aromatic heterocycles. The Balaban J connectivity index is 2.01. The first-order valence-electron chi connectivity index (χ1n) is 7.09. The summed E-state index contributed by atoms with van der Waals surface area (Å²) in [7, 11) is 2.12. The van der Waals surface area contributed by atoms with Crippen LogP contribution >= 0.6 is 11.3 Å². The summed E-state index contributed by atoms with van der Waals surface area (Å²) in [6.45, 7) is 7.25. The van der Waals surface area contributed by atoms with E-state index in [0.717, 1.165) is 25.3 Å². The van der Waals surface area contributed by atoms with E-state index in [0.29, 0.717) is 0 Å². The van der Waals surface area contributed by atoms with Crippen LogP contribution in [0.15, 0.2) is 29.1 Å². The molecule has 20 heavy (non-hydrogen) atoms. The molecule has 0 saturated heterocycles. The third-order valence-corrected chi connectivity index (χ3v) is 3.95. The maximum Gasteiger partial charge on any atom is 0.0795 e. The SMILES string of the molecule is CCCNCc1ccc(N(C)Cc2cscn2)c(C)c1. The molecular weight excluding hydrogens is 266 g/mol. The highest BCUT2D eigenvalue weighted by Gasteiger charge is 2.07. The van der Waals surface area contributed by atoms with Gasteiger partial charge in [-0.2, -0.15) is 0 Å². The second-order valence-corrected chi connectivity index (χ2v) is 5.85. The van der Waals surface area contributed by atoms with E-state index >= 15 is 0 Å². The summed E-state index contributed by atoms with van der Waals surface area (Å²) in [6, 6.07) is 6.70. The van der Waals surface area contributed by atoms with Gasteiger partial charge >= 0.3 is 0 Å². The molecule has 0 bridgehead atoms. The van der Waals surface area contributed by atoms with E-state index < -0.39 is 0 Å². The first kappa shape index (κ1) is 15.0. The summed E-state index contributed by atoms with van der Waals surface area (Å²) >= 11 is 1.65. The molecule has 0 saturated carbocycles. The average molecular weight is 289 g/mol. The van der Waals surface area contributed by atoms with E-state index in [9.17, 15) is 0 Å². The van der Waals surface area contributed by atoms with E-state index in [1.54, 1.807) is 11.3 Å². The standard InChI is InChI=1S/C16H23N3S/c1-4-7-17-9-14-5-6-16(13(2)8-14)19(3)10-15-11-20-12-18-15/h5-6,8,11-12,17H,4,7,9-10H2,1-3H3. The normalized spacial score (nSPS) is 10.8. The Hall–Kier alpha value is -1.39. The minimum atomic E-state index is 0.859. The van der Waals surface area contributed by atoms with E-state index in [2.05, 4.69) is 59.7 Å². The zero-order valence-corrected chi connectivity index (χ0v) is 13.3. The Kier molecular flexibility index (Phi) is 5.56. The number of hydrogen-bond donors (Lipinski definition) is 1. The number of anilines is 1. The number of aryl methyl sites for hydroxylation is 1. The summed E-state index contributed by atoms with van der Waals surface area (Å²) < 4.78 is 0. The number of nitrogens with one attached hydrogen (secondary N) is 1. The summed E-state index contributed by atoms with van der Waals surface area (Å²) in [5.74, 6) is 0. The topological polar surface area (TPSA) is 28.2 Å². The van der Waals surface area contributed by atoms with Crippen molar-refractivity contribution in [1.29, 1.82) is 0 Å². The Labute approximate surface area is 125 Å². The van der Waals surface area contributed by atoms with Crippen molar-refractivity contribution in [2.75, 3.05) is 18.5 Å². The summed E-state index contributed by atoms with van der Waals surface area (Å²) in [5, 5.41) is 5.55. The van der Waals surface area contributed by atoms with Gasteiger partial charge in [0.2, 0.25) is 0 Å². The van der Waals surface area contributed by atoms with Gasteiger partial charge in [-0.15, -0.1) is 11.3 Å². The highest BCUT2D eigenvalue weighted by atomic mass is 32.1. The predicted molar refractivity (Wildman–Crippen MR) is 87.4 cm³/mol. The van der Waals surface area contributed by atoms with Gasteiger partial charge in [-0.05, 0) is 37.1 Å². The molecule has 0 atom stereocenters. The zero-order valence-electron chi connectivity index (χ0n) is 12.5. The molecule has 0 aliphatic heterocycles. The summed E-state index contributed by atoms with van der Waals surface area (Å²) in [6.07, 6.45) is 1.17. The van der Waals surface area contributed by atoms with E-state index in [4.69, 9.17) is 0 Å². The van der Waals surface area contributed by atoms with Gasteiger partial charge in [0.25, 0.3) is 0 Å². The molecule has 1 N–H and O–H groups in total. The van der Waals surface area contributed by atoms with Gasteiger partial charge in [0.15, 0.2) is 0 Å². The van der Waals surface area contributed by atoms with Crippen molar-refractivity contribution in [3.05, 3.63) is 45.9 Å². The van der Waals surface area contributed by atoms with Gasteiger partial charge in [-0.1, -0.05) is 19.1 Å². The molecule has 0 amide bonds. The average Bonchev–Trinajstić information content (AvgIpc) is 2.92. The van der Waals surface area contributed by atoms with Crippen molar-refractivity contribution < 1.29 is 0 Å². The van der Waals surface area contributed by atoms with Gasteiger partial charge in [0.05, 0.1) is 17.7 Å². The first-order chi connectivity index (χ1) is 9.70. The molecule has 2 rings (SSSR count). The molecule has 1 aromatic carbocycles. The summed E-state index contributed by atoms with van der Waals surface area (Å²) in [5.41, 5.74) is 6.96. The molecule has 0 aliphatic rings. The Morgan fingerprint density at radius 3 is 2.85 bits per heavy atom. The second-order valence-electron chi connectivity index (χ2n) is 5.13. The lowest BCUT2D eigenvalue weighted by atomic mass is 10.1. The molecule has 4 heteroatoms. The second kappa shape index (κ2) is 7.41. The largest absolute Gasteiger partial charge is 0.368 e. The Morgan fingerprint density at radius 1 is 1.35 bits per heavy atom. The lowest BCUT2D eigenvalue weighted by molar-refractivity contribution is 0.675. The monoisotopic (exact) mass is 289 g/mol. The molecule has 1 heterocycles. The van der Waals surface area contributed by atoms with Crippen LogP contribution in [-0.2, 0) is 13.1 Å². The fourth-order valence-electron chi connectivity index (χ4n) is 2.31. The van der Waals surface area contributed by atoms with Gasteiger partial charge in [0, 0.05) is 24.7 Å². The van der Waals surface area contributed by atoms with Crippen molar-refractivity contribution in [2.45, 2.75) is 33.4 Å². The van der Waals surface area contributed by atoms with Crippen LogP contribution in [-0.4, -0.2) is 18.6 Å². The third-order valence-electron chi connectivity index (χ3n) is 3.31. The highest BCUT2D eigenvalue weighted by molar-refractivity contribution is 7.07. The maximum atomic E-state index is 4.35. The quantitative estimate of drug-likeness (QED) is 0.790. The van der Waals surface area contributed by atoms with Crippen LogP contribution in [0.25, 0.3) is 0 Å². The fraction of sp³-hybridized carbons (Fsp3) is 0.438. The number of thiazole rings is 1. The Bertz CT molecular complexity index is 523. The van der Waals surface area contributed by atoms with Crippen LogP contribution in [0, 0.1) is 6.92 Å². The van der Waals surface area contributed by atoms with Crippen LogP contribution in [0.5, 0.6) is 0 Å². The van der Waals surface area contributed by atoms with Gasteiger partial charge in [0.1, 0.15) is 0 Å². The molecule has 0 radical (unpaired) electrons. The lowest BCUT2D eigenvalue weighted by Crippen LogP contribution is -2.18. The number of aromatic nitrogens is 1. The highest BCUT2D eigenvalue weighted by Crippen LogP contribution is 2.22. The van der Waals surface area contributed by atoms with Crippen LogP contribution in [0.2, 0.25) is 0 Å². The molecule has 108 valence electrons. The van der Waals surface area contributed by atoms with E-state index in [1.807, 2.05) is 5.51 Å². The Morgan fingerprint density at radius 2 is 2.20 bits per heavy atom. The molecule has 0 aliphatic carbocycles. The molecule has 3 nitrogen and oxygen atoms in total. The van der Waals surface area contributed by atoms with Crippen molar-refractivity contribution in [2.24, 2.45) is 0 Å². The molecule has 0 fully saturated rings. The van der Waals surface area contributed by atoms with Crippen molar-refractivity contribution >= 4 is 17.0 Å². The minimum Gasteiger partial charge on any atom is -0.368 e. The molecule has 0 spiro atoms. The molecule has 0 unspecified atom stereocenters. The van der Waals surface area contributed by atoms with Gasteiger partial charge in [-0.25, -0.2) is 4.98 Å². The molecule has 2 aromatic rings. The lowest BCUT2D eigenvalue weighted by Gasteiger charge is -2.21. The third kappa shape index (κ3) is 4.05. The number of nitrogens with zero attached hydrogens (tertiary/aromatic N) is 2. The van der Waals surface area contributed by atoms with E-state index in [1.165, 1.54) is 23.2 Å². The van der Waals surface area contributed by atoms with Crippen LogP contribution in [0.1, 0.15) is 30.2 Å². The van der Waals surface area contributed by atoms with Gasteiger partial charge in [-0.3, -0.25) is 0 Å². The number of rotatable bonds is 7. The molecular formula is C16H23N3S. The maximum absolute atomic E-state index is 4.35. The number of benzene rings is 1. The van der Waals surface area contributed by atoms with Crippen molar-refractivity contribution in [3.63, 3.8) is 0 Å². The smallest absolute Gasteiger partial charge is 0.0795 e. The van der Waals surface area contributed by atoms with E-state index in [-0.39, 0.29) is 0 Å². The number of hydrogen-bond acceptors (Lipinski definition) is 4. The van der Waals surface area contributed by atoms with Crippen LogP contribution < -0.4 is 10.2 Å². The first-order valence-corrected chi connectivity index (χ1v) is 8.03. The fourth-order valence-corrected chi connectivity index (χ4v) is 2.86. The van der Waals surface area contributed by atoms with Crippen LogP contribution in [0.4, 0.5) is 5.69 Å². The zero-order chi connectivity index (χ0) is 14.4. The summed E-state index contributed by atoms with van der Waals surface area (Å²) in [4.78, 5) is 6.60. The van der Waals surface area contributed by atoms with Crippen LogP contribution in [0.3, 0.4) is 0 Å². The predicted octanol–water partition coefficient (Wildman–Crippen LogP) is 3.59.